The molecule has 3 nitrogen and oxygen atoms in total. The number of rotatable bonds is 6. The van der Waals surface area contributed by atoms with Crippen molar-refractivity contribution in [3.63, 3.8) is 0 Å². The lowest BCUT2D eigenvalue weighted by atomic mass is 10.2. The second kappa shape index (κ2) is 7.92. The number of nitrogens with one attached hydrogen (secondary N) is 2. The topological polar surface area (TPSA) is 41.1 Å². The summed E-state index contributed by atoms with van der Waals surface area (Å²) in [7, 11) is 0. The van der Waals surface area contributed by atoms with Gasteiger partial charge in [-0.05, 0) is 55.5 Å². The monoisotopic (exact) mass is 340 g/mol. The van der Waals surface area contributed by atoms with E-state index < -0.39 is 11.8 Å². The Morgan fingerprint density at radius 2 is 1.57 bits per heavy atom. The van der Waals surface area contributed by atoms with E-state index in [9.17, 15) is 18.0 Å². The van der Waals surface area contributed by atoms with Gasteiger partial charge in [0.25, 0.3) is 5.76 Å². The Kier molecular flexibility index (Phi) is 5.92. The third-order valence-electron chi connectivity index (χ3n) is 2.97. The normalized spacial score (nSPS) is 12.0. The Morgan fingerprint density at radius 1 is 1.00 bits per heavy atom. The molecule has 0 radical (unpaired) electrons. The van der Waals surface area contributed by atoms with Crippen molar-refractivity contribution >= 4 is 29.0 Å². The van der Waals surface area contributed by atoms with Gasteiger partial charge in [-0.25, -0.2) is 4.39 Å². The van der Waals surface area contributed by atoms with Crippen LogP contribution in [0.4, 0.5) is 24.5 Å². The molecule has 0 unspecified atom stereocenters. The number of carbonyl (C=O) groups is 1. The quantitative estimate of drug-likeness (QED) is 0.756. The fourth-order valence-corrected chi connectivity index (χ4v) is 2.33. The standard InChI is InChI=1S/C16H15F3N2OS/c1-10(15(22)21-13-4-2-11(17)3-5-13)20-12-6-8-14(9-7-12)23-16(18)19/h2-10,16,20H,1H3,(H,21,22)/t10-/m1/s1. The minimum Gasteiger partial charge on any atom is -0.374 e. The highest BCUT2D eigenvalue weighted by atomic mass is 32.2. The lowest BCUT2D eigenvalue weighted by Gasteiger charge is -2.15. The SMILES string of the molecule is C[C@@H](Nc1ccc(SC(F)F)cc1)C(=O)Nc1ccc(F)cc1. The van der Waals surface area contributed by atoms with Crippen LogP contribution in [0.2, 0.25) is 0 Å². The lowest BCUT2D eigenvalue weighted by Crippen LogP contribution is -2.31. The van der Waals surface area contributed by atoms with Crippen molar-refractivity contribution in [1.29, 1.82) is 0 Å². The third kappa shape index (κ3) is 5.52. The van der Waals surface area contributed by atoms with Crippen molar-refractivity contribution in [2.45, 2.75) is 23.6 Å². The molecule has 2 aromatic carbocycles. The third-order valence-corrected chi connectivity index (χ3v) is 3.69. The van der Waals surface area contributed by atoms with Crippen LogP contribution in [0.15, 0.2) is 53.4 Å². The van der Waals surface area contributed by atoms with E-state index in [1.165, 1.54) is 24.3 Å². The summed E-state index contributed by atoms with van der Waals surface area (Å²) in [4.78, 5) is 12.5. The second-order valence-electron chi connectivity index (χ2n) is 4.77. The molecule has 1 amide bonds. The summed E-state index contributed by atoms with van der Waals surface area (Å²) in [6, 6.07) is 11.3. The second-order valence-corrected chi connectivity index (χ2v) is 5.83. The fraction of sp³-hybridized carbons (Fsp3) is 0.188. The van der Waals surface area contributed by atoms with Crippen LogP contribution in [0.5, 0.6) is 0 Å². The summed E-state index contributed by atoms with van der Waals surface area (Å²) in [6.07, 6.45) is 0. The van der Waals surface area contributed by atoms with E-state index in [2.05, 4.69) is 10.6 Å². The van der Waals surface area contributed by atoms with Crippen molar-refractivity contribution in [2.75, 3.05) is 10.6 Å². The summed E-state index contributed by atoms with van der Waals surface area (Å²) in [6.45, 7) is 1.67. The lowest BCUT2D eigenvalue weighted by molar-refractivity contribution is -0.116. The molecule has 0 aliphatic rings. The molecular formula is C16H15F3N2OS. The Hall–Kier alpha value is -2.15. The van der Waals surface area contributed by atoms with Gasteiger partial charge in [0.15, 0.2) is 0 Å². The molecule has 0 saturated heterocycles. The molecular weight excluding hydrogens is 325 g/mol. The van der Waals surface area contributed by atoms with E-state index in [4.69, 9.17) is 0 Å². The molecule has 0 aromatic heterocycles. The van der Waals surface area contributed by atoms with Gasteiger partial charge in [0, 0.05) is 16.3 Å². The molecule has 0 aliphatic carbocycles. The van der Waals surface area contributed by atoms with Gasteiger partial charge >= 0.3 is 0 Å². The average Bonchev–Trinajstić information content (AvgIpc) is 2.51. The maximum atomic E-state index is 12.8. The average molecular weight is 340 g/mol. The molecule has 0 heterocycles. The van der Waals surface area contributed by atoms with Gasteiger partial charge in [-0.1, -0.05) is 11.8 Å². The predicted octanol–water partition coefficient (Wildman–Crippen LogP) is 4.58. The van der Waals surface area contributed by atoms with E-state index >= 15 is 0 Å². The number of alkyl halides is 2. The van der Waals surface area contributed by atoms with Gasteiger partial charge in [0.2, 0.25) is 5.91 Å². The number of thioether (sulfide) groups is 1. The van der Waals surface area contributed by atoms with Gasteiger partial charge in [0.05, 0.1) is 0 Å². The van der Waals surface area contributed by atoms with Crippen molar-refractivity contribution in [3.8, 4) is 0 Å². The molecule has 122 valence electrons. The minimum atomic E-state index is -2.46. The van der Waals surface area contributed by atoms with Gasteiger partial charge in [-0.15, -0.1) is 0 Å². The fourth-order valence-electron chi connectivity index (χ4n) is 1.83. The first-order valence-electron chi connectivity index (χ1n) is 6.82. The van der Waals surface area contributed by atoms with Crippen molar-refractivity contribution < 1.29 is 18.0 Å². The van der Waals surface area contributed by atoms with Crippen LogP contribution in [-0.4, -0.2) is 17.7 Å². The smallest absolute Gasteiger partial charge is 0.288 e. The highest BCUT2D eigenvalue weighted by molar-refractivity contribution is 7.99. The number of hydrogen-bond acceptors (Lipinski definition) is 3. The summed E-state index contributed by atoms with van der Waals surface area (Å²) >= 11 is 0.464. The molecule has 1 atom stereocenters. The summed E-state index contributed by atoms with van der Waals surface area (Å²) in [5.41, 5.74) is 1.14. The van der Waals surface area contributed by atoms with E-state index in [1.54, 1.807) is 31.2 Å². The van der Waals surface area contributed by atoms with Crippen LogP contribution in [0.3, 0.4) is 0 Å². The number of halogens is 3. The van der Waals surface area contributed by atoms with Crippen LogP contribution in [-0.2, 0) is 4.79 Å². The maximum absolute atomic E-state index is 12.8. The first kappa shape index (κ1) is 17.2. The molecule has 2 N–H and O–H groups in total. The van der Waals surface area contributed by atoms with Crippen LogP contribution in [0.1, 0.15) is 6.92 Å². The Balaban J connectivity index is 1.91. The van der Waals surface area contributed by atoms with Crippen LogP contribution in [0, 0.1) is 5.82 Å². The maximum Gasteiger partial charge on any atom is 0.288 e. The van der Waals surface area contributed by atoms with E-state index in [1.807, 2.05) is 0 Å². The first-order chi connectivity index (χ1) is 10.9. The van der Waals surface area contributed by atoms with Crippen molar-refractivity contribution in [1.82, 2.24) is 0 Å². The number of benzene rings is 2. The molecule has 23 heavy (non-hydrogen) atoms. The molecule has 0 bridgehead atoms. The zero-order valence-electron chi connectivity index (χ0n) is 12.2. The Labute approximate surface area is 136 Å². The number of hydrogen-bond donors (Lipinski definition) is 2. The first-order valence-corrected chi connectivity index (χ1v) is 7.70. The van der Waals surface area contributed by atoms with Crippen molar-refractivity contribution in [3.05, 3.63) is 54.3 Å². The van der Waals surface area contributed by atoms with Gasteiger partial charge < -0.3 is 10.6 Å². The molecule has 0 aliphatic heterocycles. The zero-order valence-corrected chi connectivity index (χ0v) is 13.0. The Morgan fingerprint density at radius 3 is 2.13 bits per heavy atom. The highest BCUT2D eigenvalue weighted by Gasteiger charge is 2.13. The molecule has 0 spiro atoms. The Bertz CT molecular complexity index is 647. The van der Waals surface area contributed by atoms with Gasteiger partial charge in [-0.3, -0.25) is 4.79 Å². The zero-order chi connectivity index (χ0) is 16.8. The van der Waals surface area contributed by atoms with Gasteiger partial charge in [0.1, 0.15) is 11.9 Å². The van der Waals surface area contributed by atoms with Crippen LogP contribution in [0.25, 0.3) is 0 Å². The summed E-state index contributed by atoms with van der Waals surface area (Å²) in [5, 5.41) is 5.63. The number of amides is 1. The number of carbonyl (C=O) groups excluding carboxylic acids is 1. The molecule has 2 aromatic rings. The van der Waals surface area contributed by atoms with Crippen LogP contribution >= 0.6 is 11.8 Å². The summed E-state index contributed by atoms with van der Waals surface area (Å²) in [5.74, 6) is -3.13. The van der Waals surface area contributed by atoms with E-state index in [0.29, 0.717) is 28.0 Å². The highest BCUT2D eigenvalue weighted by Crippen LogP contribution is 2.26. The molecule has 2 rings (SSSR count). The van der Waals surface area contributed by atoms with Crippen molar-refractivity contribution in [2.24, 2.45) is 0 Å². The minimum absolute atomic E-state index is 0.289. The van der Waals surface area contributed by atoms with Gasteiger partial charge in [-0.2, -0.15) is 8.78 Å². The molecule has 0 saturated carbocycles. The molecule has 0 fully saturated rings. The largest absolute Gasteiger partial charge is 0.374 e. The van der Waals surface area contributed by atoms with Crippen LogP contribution < -0.4 is 10.6 Å². The van der Waals surface area contributed by atoms with E-state index in [0.717, 1.165) is 0 Å². The summed E-state index contributed by atoms with van der Waals surface area (Å²) < 4.78 is 37.3. The molecule has 7 heteroatoms. The van der Waals surface area contributed by atoms with E-state index in [-0.39, 0.29) is 11.7 Å². The number of anilines is 2. The predicted molar refractivity (Wildman–Crippen MR) is 86.4 cm³/mol.